The van der Waals surface area contributed by atoms with Crippen molar-refractivity contribution in [3.63, 3.8) is 0 Å². The SMILES string of the molecule is COC(=O)/C(=C/C(C)C)Oc1ccc(Cl)cc1. The van der Waals surface area contributed by atoms with Crippen LogP contribution in [0.5, 0.6) is 5.75 Å². The van der Waals surface area contributed by atoms with Gasteiger partial charge in [-0.2, -0.15) is 0 Å². The zero-order valence-corrected chi connectivity index (χ0v) is 10.8. The van der Waals surface area contributed by atoms with Crippen LogP contribution in [0.25, 0.3) is 0 Å². The Labute approximate surface area is 106 Å². The van der Waals surface area contributed by atoms with E-state index in [1.165, 1.54) is 7.11 Å². The first-order valence-corrected chi connectivity index (χ1v) is 5.64. The lowest BCUT2D eigenvalue weighted by atomic mass is 10.2. The Morgan fingerprint density at radius 3 is 2.35 bits per heavy atom. The lowest BCUT2D eigenvalue weighted by Gasteiger charge is -2.09. The summed E-state index contributed by atoms with van der Waals surface area (Å²) in [5.41, 5.74) is 0. The van der Waals surface area contributed by atoms with Crippen molar-refractivity contribution in [2.45, 2.75) is 13.8 Å². The first-order chi connectivity index (χ1) is 8.02. The standard InChI is InChI=1S/C13H15ClO3/c1-9(2)8-12(13(15)16-3)17-11-6-4-10(14)5-7-11/h4-9H,1-3H3/b12-8-. The lowest BCUT2D eigenvalue weighted by molar-refractivity contribution is -0.138. The summed E-state index contributed by atoms with van der Waals surface area (Å²) in [6.45, 7) is 3.91. The van der Waals surface area contributed by atoms with Crippen LogP contribution in [0, 0.1) is 5.92 Å². The summed E-state index contributed by atoms with van der Waals surface area (Å²) in [5, 5.41) is 0.616. The fourth-order valence-corrected chi connectivity index (χ4v) is 1.30. The fourth-order valence-electron chi connectivity index (χ4n) is 1.18. The molecular weight excluding hydrogens is 240 g/mol. The van der Waals surface area contributed by atoms with Gasteiger partial charge in [-0.15, -0.1) is 0 Å². The third-order valence-corrected chi connectivity index (χ3v) is 2.16. The average molecular weight is 255 g/mol. The molecule has 1 aromatic carbocycles. The van der Waals surface area contributed by atoms with Crippen molar-refractivity contribution in [1.29, 1.82) is 0 Å². The molecular formula is C13H15ClO3. The third kappa shape index (κ3) is 4.49. The molecule has 0 bridgehead atoms. The van der Waals surface area contributed by atoms with Gasteiger partial charge in [0.1, 0.15) is 5.75 Å². The highest BCUT2D eigenvalue weighted by molar-refractivity contribution is 6.30. The van der Waals surface area contributed by atoms with Gasteiger partial charge in [0, 0.05) is 5.02 Å². The van der Waals surface area contributed by atoms with Gasteiger partial charge >= 0.3 is 5.97 Å². The molecule has 0 aliphatic rings. The maximum Gasteiger partial charge on any atom is 0.373 e. The normalized spacial score (nSPS) is 11.5. The van der Waals surface area contributed by atoms with Crippen LogP contribution in [0.2, 0.25) is 5.02 Å². The Balaban J connectivity index is 2.87. The molecule has 4 heteroatoms. The molecule has 0 heterocycles. The Bertz CT molecular complexity index is 407. The highest BCUT2D eigenvalue weighted by Crippen LogP contribution is 2.19. The number of allylic oxidation sites excluding steroid dienone is 1. The van der Waals surface area contributed by atoms with Crippen LogP contribution >= 0.6 is 11.6 Å². The molecule has 0 fully saturated rings. The van der Waals surface area contributed by atoms with E-state index < -0.39 is 5.97 Å². The lowest BCUT2D eigenvalue weighted by Crippen LogP contribution is -2.11. The molecule has 0 atom stereocenters. The van der Waals surface area contributed by atoms with E-state index in [1.54, 1.807) is 30.3 Å². The maximum atomic E-state index is 11.5. The molecule has 17 heavy (non-hydrogen) atoms. The predicted molar refractivity (Wildman–Crippen MR) is 67.0 cm³/mol. The number of rotatable bonds is 4. The third-order valence-electron chi connectivity index (χ3n) is 1.91. The minimum absolute atomic E-state index is 0.185. The minimum atomic E-state index is -0.492. The van der Waals surface area contributed by atoms with Crippen molar-refractivity contribution >= 4 is 17.6 Å². The van der Waals surface area contributed by atoms with E-state index in [0.29, 0.717) is 10.8 Å². The average Bonchev–Trinajstić information content (AvgIpc) is 2.29. The molecule has 0 N–H and O–H groups in total. The quantitative estimate of drug-likeness (QED) is 0.469. The molecule has 3 nitrogen and oxygen atoms in total. The number of methoxy groups -OCH3 is 1. The largest absolute Gasteiger partial charge is 0.463 e. The van der Waals surface area contributed by atoms with E-state index in [2.05, 4.69) is 4.74 Å². The first kappa shape index (κ1) is 13.6. The van der Waals surface area contributed by atoms with E-state index in [-0.39, 0.29) is 11.7 Å². The van der Waals surface area contributed by atoms with Gasteiger partial charge in [-0.25, -0.2) is 4.79 Å². The number of esters is 1. The topological polar surface area (TPSA) is 35.5 Å². The Kier molecular flexibility index (Phi) is 5.04. The monoisotopic (exact) mass is 254 g/mol. The molecule has 1 aromatic rings. The number of halogens is 1. The highest BCUT2D eigenvalue weighted by atomic mass is 35.5. The minimum Gasteiger partial charge on any atom is -0.463 e. The first-order valence-electron chi connectivity index (χ1n) is 5.26. The molecule has 0 unspecified atom stereocenters. The van der Waals surface area contributed by atoms with Gasteiger partial charge < -0.3 is 9.47 Å². The number of ether oxygens (including phenoxy) is 2. The van der Waals surface area contributed by atoms with Gasteiger partial charge in [0.25, 0.3) is 0 Å². The van der Waals surface area contributed by atoms with Gasteiger partial charge in [0.15, 0.2) is 0 Å². The van der Waals surface area contributed by atoms with E-state index in [0.717, 1.165) is 0 Å². The molecule has 1 rings (SSSR count). The van der Waals surface area contributed by atoms with E-state index >= 15 is 0 Å². The Morgan fingerprint density at radius 1 is 1.29 bits per heavy atom. The molecule has 0 aliphatic carbocycles. The number of hydrogen-bond acceptors (Lipinski definition) is 3. The Morgan fingerprint density at radius 2 is 1.88 bits per heavy atom. The second kappa shape index (κ2) is 6.30. The van der Waals surface area contributed by atoms with Crippen molar-refractivity contribution in [2.24, 2.45) is 5.92 Å². The zero-order chi connectivity index (χ0) is 12.8. The van der Waals surface area contributed by atoms with Crippen LogP contribution < -0.4 is 4.74 Å². The summed E-state index contributed by atoms with van der Waals surface area (Å²) in [6.07, 6.45) is 1.71. The van der Waals surface area contributed by atoms with E-state index in [9.17, 15) is 4.79 Å². The summed E-state index contributed by atoms with van der Waals surface area (Å²) in [4.78, 5) is 11.5. The molecule has 0 saturated carbocycles. The summed E-state index contributed by atoms with van der Waals surface area (Å²) in [5.74, 6) is 0.432. The molecule has 0 amide bonds. The smallest absolute Gasteiger partial charge is 0.373 e. The zero-order valence-electron chi connectivity index (χ0n) is 10.1. The molecule has 0 radical (unpaired) electrons. The van der Waals surface area contributed by atoms with Crippen molar-refractivity contribution in [1.82, 2.24) is 0 Å². The van der Waals surface area contributed by atoms with Gasteiger partial charge in [-0.3, -0.25) is 0 Å². The van der Waals surface area contributed by atoms with Crippen LogP contribution in [-0.2, 0) is 9.53 Å². The summed E-state index contributed by atoms with van der Waals surface area (Å²) < 4.78 is 10.1. The molecule has 92 valence electrons. The second-order valence-electron chi connectivity index (χ2n) is 3.82. The van der Waals surface area contributed by atoms with Crippen molar-refractivity contribution in [3.8, 4) is 5.75 Å². The van der Waals surface area contributed by atoms with E-state index in [4.69, 9.17) is 16.3 Å². The summed E-state index contributed by atoms with van der Waals surface area (Å²) in [6, 6.07) is 6.78. The predicted octanol–water partition coefficient (Wildman–Crippen LogP) is 3.43. The highest BCUT2D eigenvalue weighted by Gasteiger charge is 2.13. The van der Waals surface area contributed by atoms with Crippen LogP contribution in [0.15, 0.2) is 36.1 Å². The van der Waals surface area contributed by atoms with Gasteiger partial charge in [0.05, 0.1) is 7.11 Å². The van der Waals surface area contributed by atoms with Crippen molar-refractivity contribution in [2.75, 3.05) is 7.11 Å². The summed E-state index contributed by atoms with van der Waals surface area (Å²) >= 11 is 5.76. The van der Waals surface area contributed by atoms with Crippen LogP contribution in [0.4, 0.5) is 0 Å². The Hall–Kier alpha value is -1.48. The number of carbonyl (C=O) groups excluding carboxylic acids is 1. The molecule has 0 spiro atoms. The molecule has 0 aliphatic heterocycles. The summed E-state index contributed by atoms with van der Waals surface area (Å²) in [7, 11) is 1.32. The van der Waals surface area contributed by atoms with Crippen LogP contribution in [0.3, 0.4) is 0 Å². The van der Waals surface area contributed by atoms with E-state index in [1.807, 2.05) is 13.8 Å². The fraction of sp³-hybridized carbons (Fsp3) is 0.308. The van der Waals surface area contributed by atoms with Crippen molar-refractivity contribution in [3.05, 3.63) is 41.1 Å². The molecule has 0 aromatic heterocycles. The van der Waals surface area contributed by atoms with Gasteiger partial charge in [0.2, 0.25) is 5.76 Å². The van der Waals surface area contributed by atoms with Gasteiger partial charge in [-0.05, 0) is 36.3 Å². The number of benzene rings is 1. The van der Waals surface area contributed by atoms with Crippen LogP contribution in [-0.4, -0.2) is 13.1 Å². The maximum absolute atomic E-state index is 11.5. The molecule has 0 saturated heterocycles. The number of hydrogen-bond donors (Lipinski definition) is 0. The number of carbonyl (C=O) groups is 1. The van der Waals surface area contributed by atoms with Crippen molar-refractivity contribution < 1.29 is 14.3 Å². The van der Waals surface area contributed by atoms with Crippen LogP contribution in [0.1, 0.15) is 13.8 Å². The second-order valence-corrected chi connectivity index (χ2v) is 4.26. The van der Waals surface area contributed by atoms with Gasteiger partial charge in [-0.1, -0.05) is 25.4 Å².